The van der Waals surface area contributed by atoms with E-state index >= 15 is 0 Å². The number of rotatable bonds is 9. The number of sulfonamides is 1. The van der Waals surface area contributed by atoms with E-state index in [2.05, 4.69) is 10.6 Å². The van der Waals surface area contributed by atoms with Crippen molar-refractivity contribution in [1.29, 1.82) is 0 Å². The van der Waals surface area contributed by atoms with Crippen LogP contribution in [0.4, 0.5) is 0 Å². The van der Waals surface area contributed by atoms with Crippen molar-refractivity contribution in [3.05, 3.63) is 60.2 Å². The maximum Gasteiger partial charge on any atom is 0.243 e. The van der Waals surface area contributed by atoms with Gasteiger partial charge < -0.3 is 15.4 Å². The molecule has 3 rings (SSSR count). The molecule has 1 aliphatic rings. The van der Waals surface area contributed by atoms with Crippen molar-refractivity contribution in [3.63, 3.8) is 0 Å². The van der Waals surface area contributed by atoms with Crippen LogP contribution in [0.15, 0.2) is 59.5 Å². The lowest BCUT2D eigenvalue weighted by molar-refractivity contribution is -0.126. The summed E-state index contributed by atoms with van der Waals surface area (Å²) in [5.74, 6) is -0.143. The van der Waals surface area contributed by atoms with Gasteiger partial charge in [0.1, 0.15) is 5.75 Å². The Bertz CT molecular complexity index is 1030. The molecular weight excluding hydrogens is 430 g/mol. The van der Waals surface area contributed by atoms with Gasteiger partial charge in [-0.1, -0.05) is 36.4 Å². The number of hydrogen-bond acceptors (Lipinski definition) is 5. The zero-order valence-corrected chi connectivity index (χ0v) is 18.9. The van der Waals surface area contributed by atoms with Gasteiger partial charge in [0.2, 0.25) is 21.8 Å². The molecule has 32 heavy (non-hydrogen) atoms. The number of benzene rings is 2. The number of piperidine rings is 1. The second-order valence-corrected chi connectivity index (χ2v) is 9.58. The van der Waals surface area contributed by atoms with Crippen molar-refractivity contribution in [2.24, 2.45) is 5.92 Å². The van der Waals surface area contributed by atoms with Crippen molar-refractivity contribution >= 4 is 21.8 Å². The average Bonchev–Trinajstić information content (AvgIpc) is 2.83. The van der Waals surface area contributed by atoms with Crippen LogP contribution < -0.4 is 15.4 Å². The largest absolute Gasteiger partial charge is 0.496 e. The van der Waals surface area contributed by atoms with Crippen LogP contribution in [0.5, 0.6) is 5.75 Å². The van der Waals surface area contributed by atoms with Crippen molar-refractivity contribution in [2.75, 3.05) is 26.7 Å². The van der Waals surface area contributed by atoms with E-state index in [1.165, 1.54) is 4.31 Å². The van der Waals surface area contributed by atoms with Gasteiger partial charge in [-0.3, -0.25) is 9.59 Å². The molecule has 0 saturated carbocycles. The summed E-state index contributed by atoms with van der Waals surface area (Å²) in [4.78, 5) is 24.9. The molecular formula is C23H29N3O5S. The number of amides is 2. The second-order valence-electron chi connectivity index (χ2n) is 7.64. The number of hydrogen-bond donors (Lipinski definition) is 2. The minimum Gasteiger partial charge on any atom is -0.496 e. The van der Waals surface area contributed by atoms with Crippen molar-refractivity contribution in [2.45, 2.75) is 30.7 Å². The maximum absolute atomic E-state index is 12.8. The Morgan fingerprint density at radius 1 is 1.06 bits per heavy atom. The van der Waals surface area contributed by atoms with Crippen molar-refractivity contribution < 1.29 is 22.7 Å². The highest BCUT2D eigenvalue weighted by Gasteiger charge is 2.33. The highest BCUT2D eigenvalue weighted by Crippen LogP contribution is 2.23. The predicted octanol–water partition coefficient (Wildman–Crippen LogP) is 1.92. The van der Waals surface area contributed by atoms with Gasteiger partial charge in [0.25, 0.3) is 0 Å². The first-order valence-corrected chi connectivity index (χ1v) is 12.1. The van der Waals surface area contributed by atoms with Gasteiger partial charge in [-0.25, -0.2) is 8.42 Å². The number of carbonyl (C=O) groups is 2. The van der Waals surface area contributed by atoms with Gasteiger partial charge in [-0.05, 0) is 31.0 Å². The van der Waals surface area contributed by atoms with E-state index in [-0.39, 0.29) is 36.2 Å². The van der Waals surface area contributed by atoms with Crippen LogP contribution in [0.3, 0.4) is 0 Å². The van der Waals surface area contributed by atoms with E-state index in [1.807, 2.05) is 24.3 Å². The molecule has 1 fully saturated rings. The molecule has 0 aliphatic carbocycles. The first-order chi connectivity index (χ1) is 15.4. The first-order valence-electron chi connectivity index (χ1n) is 10.6. The summed E-state index contributed by atoms with van der Waals surface area (Å²) in [6.07, 6.45) is 1.37. The lowest BCUT2D eigenvalue weighted by atomic mass is 9.99. The Morgan fingerprint density at radius 3 is 2.53 bits per heavy atom. The van der Waals surface area contributed by atoms with Gasteiger partial charge in [-0.2, -0.15) is 4.31 Å². The minimum atomic E-state index is -3.62. The fourth-order valence-electron chi connectivity index (χ4n) is 3.69. The van der Waals surface area contributed by atoms with Crippen LogP contribution >= 0.6 is 0 Å². The number of carbonyl (C=O) groups excluding carboxylic acids is 2. The summed E-state index contributed by atoms with van der Waals surface area (Å²) in [6.45, 7) is 1.07. The Morgan fingerprint density at radius 2 is 1.78 bits per heavy atom. The van der Waals surface area contributed by atoms with E-state index in [4.69, 9.17) is 4.74 Å². The molecule has 1 atom stereocenters. The Labute approximate surface area is 189 Å². The highest BCUT2D eigenvalue weighted by molar-refractivity contribution is 7.89. The third-order valence-corrected chi connectivity index (χ3v) is 7.34. The second kappa shape index (κ2) is 11.1. The van der Waals surface area contributed by atoms with Gasteiger partial charge in [0, 0.05) is 38.2 Å². The van der Waals surface area contributed by atoms with Crippen LogP contribution in [-0.2, 0) is 26.2 Å². The smallest absolute Gasteiger partial charge is 0.243 e. The number of para-hydroxylation sites is 1. The third-order valence-electron chi connectivity index (χ3n) is 5.46. The number of methoxy groups -OCH3 is 1. The van der Waals surface area contributed by atoms with E-state index in [0.29, 0.717) is 31.7 Å². The lowest BCUT2D eigenvalue weighted by Gasteiger charge is -2.31. The Balaban J connectivity index is 1.45. The molecule has 2 amide bonds. The molecule has 0 aromatic heterocycles. The molecule has 9 heteroatoms. The molecule has 1 aliphatic heterocycles. The number of nitrogens with one attached hydrogen (secondary N) is 2. The summed E-state index contributed by atoms with van der Waals surface area (Å²) in [6, 6.07) is 15.7. The highest BCUT2D eigenvalue weighted by atomic mass is 32.2. The van der Waals surface area contributed by atoms with E-state index in [1.54, 1.807) is 37.4 Å². The normalized spacial score (nSPS) is 16.8. The zero-order valence-electron chi connectivity index (χ0n) is 18.1. The summed E-state index contributed by atoms with van der Waals surface area (Å²) in [5, 5.41) is 5.58. The number of nitrogens with zero attached hydrogens (tertiary/aromatic N) is 1. The van der Waals surface area contributed by atoms with Crippen LogP contribution in [-0.4, -0.2) is 51.3 Å². The molecule has 172 valence electrons. The van der Waals surface area contributed by atoms with Crippen LogP contribution in [0, 0.1) is 5.92 Å². The molecule has 1 saturated heterocycles. The van der Waals surface area contributed by atoms with Crippen LogP contribution in [0.1, 0.15) is 24.8 Å². The van der Waals surface area contributed by atoms with E-state index in [0.717, 1.165) is 5.56 Å². The predicted molar refractivity (Wildman–Crippen MR) is 120 cm³/mol. The Kier molecular flexibility index (Phi) is 8.24. The van der Waals surface area contributed by atoms with E-state index < -0.39 is 15.9 Å². The lowest BCUT2D eigenvalue weighted by Crippen LogP contribution is -2.45. The summed E-state index contributed by atoms with van der Waals surface area (Å²) >= 11 is 0. The number of ether oxygens (including phenoxy) is 1. The summed E-state index contributed by atoms with van der Waals surface area (Å²) < 4.78 is 32.3. The molecule has 8 nitrogen and oxygen atoms in total. The molecule has 0 radical (unpaired) electrons. The van der Waals surface area contributed by atoms with Gasteiger partial charge in [0.05, 0.1) is 17.9 Å². The first kappa shape index (κ1) is 23.7. The molecule has 0 unspecified atom stereocenters. The monoisotopic (exact) mass is 459 g/mol. The van der Waals surface area contributed by atoms with E-state index in [9.17, 15) is 18.0 Å². The van der Waals surface area contributed by atoms with Crippen LogP contribution in [0.25, 0.3) is 0 Å². The zero-order chi connectivity index (χ0) is 23.0. The molecule has 2 aromatic rings. The molecule has 2 N–H and O–H groups in total. The molecule has 2 aromatic carbocycles. The maximum atomic E-state index is 12.8. The van der Waals surface area contributed by atoms with Crippen molar-refractivity contribution in [3.8, 4) is 5.75 Å². The fraction of sp³-hybridized carbons (Fsp3) is 0.391. The SMILES string of the molecule is COc1ccccc1CNC(=O)CCNC(=O)[C@H]1CCCN(S(=O)(=O)c2ccccc2)C1. The standard InChI is InChI=1S/C23H29N3O5S/c1-31-21-12-6-5-8-18(21)16-25-22(27)13-14-24-23(28)19-9-7-15-26(17-19)32(29,30)20-10-3-2-4-11-20/h2-6,8,10-12,19H,7,9,13-17H2,1H3,(H,24,28)(H,25,27)/t19-/m0/s1. The minimum absolute atomic E-state index is 0.139. The van der Waals surface area contributed by atoms with Gasteiger partial charge >= 0.3 is 0 Å². The summed E-state index contributed by atoms with van der Waals surface area (Å²) in [5.41, 5.74) is 0.870. The average molecular weight is 460 g/mol. The van der Waals surface area contributed by atoms with Crippen molar-refractivity contribution in [1.82, 2.24) is 14.9 Å². The third kappa shape index (κ3) is 6.08. The molecule has 0 bridgehead atoms. The molecule has 0 spiro atoms. The fourth-order valence-corrected chi connectivity index (χ4v) is 5.24. The Hall–Kier alpha value is -2.91. The van der Waals surface area contributed by atoms with Gasteiger partial charge in [0.15, 0.2) is 0 Å². The quantitative estimate of drug-likeness (QED) is 0.596. The summed E-state index contributed by atoms with van der Waals surface area (Å²) in [7, 11) is -2.05. The molecule has 1 heterocycles. The van der Waals surface area contributed by atoms with Gasteiger partial charge in [-0.15, -0.1) is 0 Å². The topological polar surface area (TPSA) is 105 Å². The van der Waals surface area contributed by atoms with Crippen LogP contribution in [0.2, 0.25) is 0 Å².